The predicted molar refractivity (Wildman–Crippen MR) is 127 cm³/mol. The number of fused-ring (bicyclic) bond motifs is 1. The number of hydrogen-bond donors (Lipinski definition) is 2. The normalized spacial score (nSPS) is 14.8. The summed E-state index contributed by atoms with van der Waals surface area (Å²) in [6.07, 6.45) is 2.12. The van der Waals surface area contributed by atoms with Crippen LogP contribution in [0.5, 0.6) is 0 Å². The Labute approximate surface area is 190 Å². The summed E-state index contributed by atoms with van der Waals surface area (Å²) in [6.45, 7) is 2.06. The number of hydrogen-bond acceptors (Lipinski definition) is 4. The van der Waals surface area contributed by atoms with Crippen LogP contribution in [0, 0.1) is 6.92 Å². The van der Waals surface area contributed by atoms with E-state index in [4.69, 9.17) is 11.6 Å². The average Bonchev–Trinajstić information content (AvgIpc) is 3.22. The second kappa shape index (κ2) is 8.32. The van der Waals surface area contributed by atoms with Gasteiger partial charge in [-0.15, -0.1) is 5.10 Å². The number of aryl methyl sites for hydroxylation is 1. The minimum absolute atomic E-state index is 0.175. The van der Waals surface area contributed by atoms with Gasteiger partial charge in [0.1, 0.15) is 6.04 Å². The molecule has 0 radical (unpaired) electrons. The molecular weight excluding hydrogens is 422 g/mol. The molecule has 7 heteroatoms. The summed E-state index contributed by atoms with van der Waals surface area (Å²) >= 11 is 6.01. The number of carbonyl (C=O) groups excluding carboxylic acids is 1. The number of nitrogens with one attached hydrogen (secondary N) is 2. The van der Waals surface area contributed by atoms with E-state index in [0.29, 0.717) is 16.5 Å². The zero-order chi connectivity index (χ0) is 22.1. The molecule has 1 aliphatic rings. The highest BCUT2D eigenvalue weighted by molar-refractivity contribution is 6.31. The lowest BCUT2D eigenvalue weighted by Crippen LogP contribution is -2.20. The molecule has 2 N–H and O–H groups in total. The third kappa shape index (κ3) is 4.00. The Morgan fingerprint density at radius 3 is 2.56 bits per heavy atom. The van der Waals surface area contributed by atoms with Crippen molar-refractivity contribution in [1.82, 2.24) is 14.8 Å². The summed E-state index contributed by atoms with van der Waals surface area (Å²) in [7, 11) is 0. The number of aromatic nitrogens is 3. The Morgan fingerprint density at radius 1 is 1.03 bits per heavy atom. The van der Waals surface area contributed by atoms with Crippen LogP contribution in [0.3, 0.4) is 0 Å². The molecule has 1 aliphatic heterocycles. The number of nitrogens with zero attached hydrogens (tertiary/aromatic N) is 3. The summed E-state index contributed by atoms with van der Waals surface area (Å²) in [4.78, 5) is 17.2. The van der Waals surface area contributed by atoms with E-state index >= 15 is 0 Å². The molecule has 1 amide bonds. The van der Waals surface area contributed by atoms with Gasteiger partial charge < -0.3 is 5.32 Å². The summed E-state index contributed by atoms with van der Waals surface area (Å²) < 4.78 is 1.78. The van der Waals surface area contributed by atoms with Crippen molar-refractivity contribution in [2.75, 3.05) is 10.6 Å². The highest BCUT2D eigenvalue weighted by Crippen LogP contribution is 2.33. The third-order valence-corrected chi connectivity index (χ3v) is 5.52. The first kappa shape index (κ1) is 20.0. The minimum atomic E-state index is -0.321. The number of allylic oxidation sites excluding steroid dienone is 1. The van der Waals surface area contributed by atoms with Crippen molar-refractivity contribution in [3.05, 3.63) is 112 Å². The topological polar surface area (TPSA) is 71.8 Å². The Balaban J connectivity index is 1.51. The van der Waals surface area contributed by atoms with Gasteiger partial charge >= 0.3 is 0 Å². The lowest BCUT2D eigenvalue weighted by molar-refractivity contribution is 0.102. The van der Waals surface area contributed by atoms with E-state index in [0.717, 1.165) is 16.8 Å². The predicted octanol–water partition coefficient (Wildman–Crippen LogP) is 5.55. The smallest absolute Gasteiger partial charge is 0.258 e. The maximum atomic E-state index is 12.7. The van der Waals surface area contributed by atoms with E-state index in [9.17, 15) is 4.79 Å². The molecule has 5 rings (SSSR count). The Kier molecular flexibility index (Phi) is 5.21. The van der Waals surface area contributed by atoms with Gasteiger partial charge in [-0.05, 0) is 42.3 Å². The summed E-state index contributed by atoms with van der Waals surface area (Å²) in [5.41, 5.74) is 4.68. The zero-order valence-corrected chi connectivity index (χ0v) is 18.0. The number of rotatable bonds is 4. The molecule has 1 aromatic heterocycles. The largest absolute Gasteiger partial charge is 0.324 e. The summed E-state index contributed by atoms with van der Waals surface area (Å²) in [5.74, 6) is 0.453. The molecule has 3 aromatic carbocycles. The van der Waals surface area contributed by atoms with Crippen molar-refractivity contribution in [3.8, 4) is 0 Å². The number of anilines is 2. The SMILES string of the molecule is Cc1ccc([C@H]2C=C(c3ccccc3)Nc3nc(NC(=O)c4cccc(Cl)c4)nn32)cc1. The molecule has 0 saturated carbocycles. The quantitative estimate of drug-likeness (QED) is 0.435. The van der Waals surface area contributed by atoms with Gasteiger partial charge in [0.25, 0.3) is 11.9 Å². The number of carbonyl (C=O) groups is 1. The standard InChI is InChI=1S/C25H20ClN5O/c1-16-10-12-18(13-11-16)22-15-21(17-6-3-2-4-7-17)27-25-29-24(30-31(22)25)28-23(32)19-8-5-9-20(26)14-19/h2-15,22H,1H3,(H2,27,28,29,30,32)/t22-/m1/s1. The van der Waals surface area contributed by atoms with Crippen LogP contribution in [-0.4, -0.2) is 20.7 Å². The van der Waals surface area contributed by atoms with Gasteiger partial charge in [-0.3, -0.25) is 10.1 Å². The van der Waals surface area contributed by atoms with Crippen LogP contribution in [0.1, 0.15) is 33.1 Å². The molecular formula is C25H20ClN5O. The fourth-order valence-electron chi connectivity index (χ4n) is 3.64. The van der Waals surface area contributed by atoms with Crippen molar-refractivity contribution in [2.45, 2.75) is 13.0 Å². The zero-order valence-electron chi connectivity index (χ0n) is 17.3. The number of halogens is 1. The fraction of sp³-hybridized carbons (Fsp3) is 0.0800. The molecule has 0 bridgehead atoms. The van der Waals surface area contributed by atoms with Gasteiger partial charge in [0.15, 0.2) is 0 Å². The highest BCUT2D eigenvalue weighted by Gasteiger charge is 2.26. The van der Waals surface area contributed by atoms with E-state index in [1.165, 1.54) is 5.56 Å². The molecule has 0 fully saturated rings. The molecule has 32 heavy (non-hydrogen) atoms. The fourth-order valence-corrected chi connectivity index (χ4v) is 3.83. The molecule has 0 saturated heterocycles. The monoisotopic (exact) mass is 441 g/mol. The van der Waals surface area contributed by atoms with E-state index in [1.54, 1.807) is 28.9 Å². The van der Waals surface area contributed by atoms with Crippen LogP contribution in [0.15, 0.2) is 84.9 Å². The van der Waals surface area contributed by atoms with E-state index < -0.39 is 0 Å². The summed E-state index contributed by atoms with van der Waals surface area (Å²) in [6, 6.07) is 24.9. The van der Waals surface area contributed by atoms with Crippen molar-refractivity contribution < 1.29 is 4.79 Å². The van der Waals surface area contributed by atoms with Crippen molar-refractivity contribution in [1.29, 1.82) is 0 Å². The second-order valence-corrected chi connectivity index (χ2v) is 8.03. The van der Waals surface area contributed by atoms with Crippen LogP contribution in [0.25, 0.3) is 5.70 Å². The molecule has 1 atom stereocenters. The van der Waals surface area contributed by atoms with Gasteiger partial charge in [-0.2, -0.15) is 4.98 Å². The number of benzene rings is 3. The highest BCUT2D eigenvalue weighted by atomic mass is 35.5. The molecule has 0 aliphatic carbocycles. The molecule has 158 valence electrons. The van der Waals surface area contributed by atoms with Crippen LogP contribution in [0.4, 0.5) is 11.9 Å². The van der Waals surface area contributed by atoms with Gasteiger partial charge in [-0.1, -0.05) is 77.8 Å². The lowest BCUT2D eigenvalue weighted by Gasteiger charge is -2.24. The molecule has 4 aromatic rings. The first-order chi connectivity index (χ1) is 15.6. The van der Waals surface area contributed by atoms with E-state index in [1.807, 2.05) is 30.3 Å². The first-order valence-electron chi connectivity index (χ1n) is 10.2. The summed E-state index contributed by atoms with van der Waals surface area (Å²) in [5, 5.41) is 11.2. The van der Waals surface area contributed by atoms with Crippen molar-refractivity contribution in [2.24, 2.45) is 0 Å². The van der Waals surface area contributed by atoms with Gasteiger partial charge in [0.05, 0.1) is 0 Å². The van der Waals surface area contributed by atoms with Crippen LogP contribution >= 0.6 is 11.6 Å². The molecule has 6 nitrogen and oxygen atoms in total. The Hall–Kier alpha value is -3.90. The molecule has 0 spiro atoms. The lowest BCUT2D eigenvalue weighted by atomic mass is 10.0. The molecule has 0 unspecified atom stereocenters. The Morgan fingerprint density at radius 2 is 1.81 bits per heavy atom. The Bertz CT molecular complexity index is 1310. The van der Waals surface area contributed by atoms with Crippen LogP contribution < -0.4 is 10.6 Å². The van der Waals surface area contributed by atoms with Crippen LogP contribution in [-0.2, 0) is 0 Å². The maximum absolute atomic E-state index is 12.7. The van der Waals surface area contributed by atoms with E-state index in [2.05, 4.69) is 58.0 Å². The van der Waals surface area contributed by atoms with Crippen molar-refractivity contribution in [3.63, 3.8) is 0 Å². The van der Waals surface area contributed by atoms with Gasteiger partial charge in [-0.25, -0.2) is 4.68 Å². The van der Waals surface area contributed by atoms with Gasteiger partial charge in [0.2, 0.25) is 5.95 Å². The second-order valence-electron chi connectivity index (χ2n) is 7.59. The van der Waals surface area contributed by atoms with E-state index in [-0.39, 0.29) is 17.9 Å². The minimum Gasteiger partial charge on any atom is -0.324 e. The van der Waals surface area contributed by atoms with Gasteiger partial charge in [0, 0.05) is 16.3 Å². The first-order valence-corrected chi connectivity index (χ1v) is 10.6. The number of amides is 1. The maximum Gasteiger partial charge on any atom is 0.258 e. The average molecular weight is 442 g/mol. The van der Waals surface area contributed by atoms with Crippen LogP contribution in [0.2, 0.25) is 5.02 Å². The molecule has 2 heterocycles. The third-order valence-electron chi connectivity index (χ3n) is 5.28. The van der Waals surface area contributed by atoms with Crippen molar-refractivity contribution >= 4 is 35.1 Å².